The van der Waals surface area contributed by atoms with Gasteiger partial charge >= 0.3 is 6.36 Å². The second kappa shape index (κ2) is 5.76. The molecule has 2 N–H and O–H groups in total. The van der Waals surface area contributed by atoms with Crippen LogP contribution < -0.4 is 14.9 Å². The van der Waals surface area contributed by atoms with Crippen LogP contribution in [0.3, 0.4) is 0 Å². The average molecular weight is 319 g/mol. The van der Waals surface area contributed by atoms with E-state index in [0.29, 0.717) is 23.3 Å². The maximum atomic E-state index is 12.2. The number of benzene rings is 1. The molecule has 2 aromatic rings. The van der Waals surface area contributed by atoms with Gasteiger partial charge < -0.3 is 14.6 Å². The van der Waals surface area contributed by atoms with Crippen LogP contribution in [0.25, 0.3) is 10.2 Å². The van der Waals surface area contributed by atoms with E-state index in [1.54, 1.807) is 4.57 Å². The number of rotatable bonds is 4. The van der Waals surface area contributed by atoms with Gasteiger partial charge in [0.05, 0.1) is 10.2 Å². The molecule has 0 bridgehead atoms. The zero-order valence-electron chi connectivity index (χ0n) is 11.0. The molecule has 0 atom stereocenters. The molecule has 9 heteroatoms. The molecule has 1 aromatic carbocycles. The van der Waals surface area contributed by atoms with Crippen molar-refractivity contribution in [2.24, 2.45) is 0 Å². The summed E-state index contributed by atoms with van der Waals surface area (Å²) in [6, 6.07) is 3.93. The predicted octanol–water partition coefficient (Wildman–Crippen LogP) is 2.22. The number of halogens is 3. The molecule has 2 rings (SSSR count). The van der Waals surface area contributed by atoms with E-state index in [-0.39, 0.29) is 16.5 Å². The monoisotopic (exact) mass is 319 g/mol. The molecule has 21 heavy (non-hydrogen) atoms. The number of ether oxygens (including phenoxy) is 1. The van der Waals surface area contributed by atoms with Crippen LogP contribution in [-0.4, -0.2) is 23.4 Å². The third-order valence-corrected chi connectivity index (χ3v) is 3.58. The smallest absolute Gasteiger partial charge is 0.406 e. The predicted molar refractivity (Wildman–Crippen MR) is 71.0 cm³/mol. The number of thiazole rings is 1. The minimum Gasteiger partial charge on any atom is -0.406 e. The number of nitrogens with one attached hydrogen (secondary N) is 2. The van der Waals surface area contributed by atoms with Gasteiger partial charge in [-0.3, -0.25) is 10.2 Å². The van der Waals surface area contributed by atoms with Gasteiger partial charge in [0.1, 0.15) is 5.75 Å². The number of hydrogen-bond acceptors (Lipinski definition) is 4. The summed E-state index contributed by atoms with van der Waals surface area (Å²) in [6.45, 7) is 2.11. The summed E-state index contributed by atoms with van der Waals surface area (Å²) < 4.78 is 42.5. The second-order valence-corrected chi connectivity index (χ2v) is 5.25. The number of amides is 1. The molecule has 1 heterocycles. The highest BCUT2D eigenvalue weighted by molar-refractivity contribution is 7.16. The van der Waals surface area contributed by atoms with Crippen molar-refractivity contribution >= 4 is 27.5 Å². The Balaban J connectivity index is 2.26. The number of hydrogen-bond donors (Lipinski definition) is 2. The SMILES string of the molecule is CC(=O)NCCn1c(=N)sc2cc(OC(F)(F)F)ccc21. The zero-order valence-corrected chi connectivity index (χ0v) is 11.8. The number of aromatic nitrogens is 1. The normalized spacial score (nSPS) is 11.6. The van der Waals surface area contributed by atoms with Crippen molar-refractivity contribution < 1.29 is 22.7 Å². The summed E-state index contributed by atoms with van der Waals surface area (Å²) in [5, 5.41) is 10.4. The first-order chi connectivity index (χ1) is 9.76. The van der Waals surface area contributed by atoms with Crippen molar-refractivity contribution in [3.05, 3.63) is 23.0 Å². The van der Waals surface area contributed by atoms with Crippen LogP contribution in [0, 0.1) is 5.41 Å². The van der Waals surface area contributed by atoms with Crippen LogP contribution in [0.2, 0.25) is 0 Å². The van der Waals surface area contributed by atoms with Gasteiger partial charge in [-0.25, -0.2) is 0 Å². The number of nitrogens with zero attached hydrogens (tertiary/aromatic N) is 1. The Bertz CT molecular complexity index is 721. The van der Waals surface area contributed by atoms with Crippen LogP contribution in [0.1, 0.15) is 6.92 Å². The lowest BCUT2D eigenvalue weighted by atomic mass is 10.3. The molecule has 0 aliphatic heterocycles. The second-order valence-electron chi connectivity index (χ2n) is 4.22. The lowest BCUT2D eigenvalue weighted by molar-refractivity contribution is -0.274. The fourth-order valence-corrected chi connectivity index (χ4v) is 2.80. The van der Waals surface area contributed by atoms with Gasteiger partial charge in [-0.05, 0) is 18.2 Å². The molecule has 0 spiro atoms. The topological polar surface area (TPSA) is 67.1 Å². The van der Waals surface area contributed by atoms with Gasteiger partial charge in [-0.15, -0.1) is 13.2 Å². The van der Waals surface area contributed by atoms with Gasteiger partial charge in [0.15, 0.2) is 4.80 Å². The minimum atomic E-state index is -4.74. The van der Waals surface area contributed by atoms with E-state index in [9.17, 15) is 18.0 Å². The molecule has 0 fully saturated rings. The fraction of sp³-hybridized carbons (Fsp3) is 0.333. The number of alkyl halides is 3. The maximum Gasteiger partial charge on any atom is 0.573 e. The average Bonchev–Trinajstić information content (AvgIpc) is 2.62. The molecule has 0 saturated carbocycles. The molecule has 1 aromatic heterocycles. The van der Waals surface area contributed by atoms with E-state index >= 15 is 0 Å². The van der Waals surface area contributed by atoms with Crippen molar-refractivity contribution in [2.75, 3.05) is 6.54 Å². The van der Waals surface area contributed by atoms with Crippen LogP contribution >= 0.6 is 11.3 Å². The number of carbonyl (C=O) groups is 1. The highest BCUT2D eigenvalue weighted by atomic mass is 32.1. The van der Waals surface area contributed by atoms with Crippen LogP contribution in [0.15, 0.2) is 18.2 Å². The van der Waals surface area contributed by atoms with Crippen molar-refractivity contribution in [2.45, 2.75) is 19.8 Å². The molecule has 0 unspecified atom stereocenters. The third kappa shape index (κ3) is 3.97. The fourth-order valence-electron chi connectivity index (χ4n) is 1.83. The van der Waals surface area contributed by atoms with E-state index in [0.717, 1.165) is 11.3 Å². The Kier molecular flexibility index (Phi) is 4.21. The lowest BCUT2D eigenvalue weighted by Crippen LogP contribution is -2.27. The van der Waals surface area contributed by atoms with E-state index in [2.05, 4.69) is 10.1 Å². The Morgan fingerprint density at radius 3 is 2.81 bits per heavy atom. The first-order valence-electron chi connectivity index (χ1n) is 5.94. The molecule has 1 amide bonds. The first-order valence-corrected chi connectivity index (χ1v) is 6.76. The molecule has 0 radical (unpaired) electrons. The van der Waals surface area contributed by atoms with Crippen molar-refractivity contribution in [3.63, 3.8) is 0 Å². The molecule has 5 nitrogen and oxygen atoms in total. The number of carbonyl (C=O) groups excluding carboxylic acids is 1. The molecular weight excluding hydrogens is 307 g/mol. The van der Waals surface area contributed by atoms with Gasteiger partial charge in [0.2, 0.25) is 5.91 Å². The van der Waals surface area contributed by atoms with Crippen LogP contribution in [-0.2, 0) is 11.3 Å². The Morgan fingerprint density at radius 1 is 1.48 bits per heavy atom. The number of fused-ring (bicyclic) bond motifs is 1. The molecular formula is C12H12F3N3O2S. The van der Waals surface area contributed by atoms with E-state index in [1.165, 1.54) is 25.1 Å². The van der Waals surface area contributed by atoms with Crippen molar-refractivity contribution in [1.82, 2.24) is 9.88 Å². The third-order valence-electron chi connectivity index (χ3n) is 2.62. The van der Waals surface area contributed by atoms with Crippen molar-refractivity contribution in [3.8, 4) is 5.75 Å². The van der Waals surface area contributed by atoms with E-state index < -0.39 is 6.36 Å². The minimum absolute atomic E-state index is 0.178. The Labute approximate surface area is 121 Å². The molecule has 114 valence electrons. The highest BCUT2D eigenvalue weighted by Gasteiger charge is 2.31. The summed E-state index contributed by atoms with van der Waals surface area (Å²) in [5.41, 5.74) is 0.630. The summed E-state index contributed by atoms with van der Waals surface area (Å²) in [7, 11) is 0. The molecule has 0 aliphatic carbocycles. The summed E-state index contributed by atoms with van der Waals surface area (Å²) in [6.07, 6.45) is -4.74. The Hall–Kier alpha value is -2.03. The van der Waals surface area contributed by atoms with Crippen molar-refractivity contribution in [1.29, 1.82) is 5.41 Å². The largest absolute Gasteiger partial charge is 0.573 e. The van der Waals surface area contributed by atoms with Crippen LogP contribution in [0.5, 0.6) is 5.75 Å². The summed E-state index contributed by atoms with van der Waals surface area (Å²) in [4.78, 5) is 11.0. The molecule has 0 saturated heterocycles. The van der Waals surface area contributed by atoms with Gasteiger partial charge in [-0.1, -0.05) is 11.3 Å². The zero-order chi connectivity index (χ0) is 15.6. The quantitative estimate of drug-likeness (QED) is 0.907. The van der Waals surface area contributed by atoms with Gasteiger partial charge in [0, 0.05) is 20.0 Å². The van der Waals surface area contributed by atoms with Crippen LogP contribution in [0.4, 0.5) is 13.2 Å². The van der Waals surface area contributed by atoms with Gasteiger partial charge in [-0.2, -0.15) is 0 Å². The first kappa shape index (κ1) is 15.4. The van der Waals surface area contributed by atoms with E-state index in [4.69, 9.17) is 5.41 Å². The maximum absolute atomic E-state index is 12.2. The highest BCUT2D eigenvalue weighted by Crippen LogP contribution is 2.27. The Morgan fingerprint density at radius 2 is 2.19 bits per heavy atom. The van der Waals surface area contributed by atoms with E-state index in [1.807, 2.05) is 0 Å². The lowest BCUT2D eigenvalue weighted by Gasteiger charge is -2.09. The standard InChI is InChI=1S/C12H12F3N3O2S/c1-7(19)17-4-5-18-9-3-2-8(20-12(13,14)15)6-10(9)21-11(18)16/h2-3,6,16H,4-5H2,1H3,(H,17,19). The van der Waals surface area contributed by atoms with Gasteiger partial charge in [0.25, 0.3) is 0 Å². The summed E-state index contributed by atoms with van der Waals surface area (Å²) in [5.74, 6) is -0.493. The summed E-state index contributed by atoms with van der Waals surface area (Å²) >= 11 is 1.05. The molecule has 0 aliphatic rings.